The molecule has 1 aromatic heterocycles. The summed E-state index contributed by atoms with van der Waals surface area (Å²) in [6.07, 6.45) is 0.844. The first-order valence-corrected chi connectivity index (χ1v) is 8.33. The molecule has 3 aromatic rings. The summed E-state index contributed by atoms with van der Waals surface area (Å²) in [6, 6.07) is 16.0. The maximum Gasteiger partial charge on any atom is 0.146 e. The van der Waals surface area contributed by atoms with Crippen molar-refractivity contribution < 1.29 is 4.39 Å². The molecule has 0 saturated heterocycles. The van der Waals surface area contributed by atoms with Gasteiger partial charge in [0.15, 0.2) is 0 Å². The van der Waals surface area contributed by atoms with Gasteiger partial charge in [0, 0.05) is 17.6 Å². The molecule has 0 aliphatic rings. The van der Waals surface area contributed by atoms with Crippen LogP contribution in [0.2, 0.25) is 5.02 Å². The number of para-hydroxylation sites is 1. The van der Waals surface area contributed by atoms with Crippen LogP contribution in [-0.4, -0.2) is 16.5 Å². The van der Waals surface area contributed by atoms with Gasteiger partial charge in [0.25, 0.3) is 0 Å². The fourth-order valence-corrected chi connectivity index (χ4v) is 2.53. The molecular weight excluding hydrogens is 339 g/mol. The number of benzene rings is 2. The number of rotatable bonds is 6. The van der Waals surface area contributed by atoms with E-state index in [-0.39, 0.29) is 5.82 Å². The number of hydrogen-bond donors (Lipinski definition) is 2. The Kier molecular flexibility index (Phi) is 5.46. The van der Waals surface area contributed by atoms with Crippen molar-refractivity contribution in [2.45, 2.75) is 13.3 Å². The molecule has 0 fully saturated rings. The highest BCUT2D eigenvalue weighted by molar-refractivity contribution is 6.30. The quantitative estimate of drug-likeness (QED) is 0.654. The highest BCUT2D eigenvalue weighted by Crippen LogP contribution is 2.20. The molecule has 0 saturated carbocycles. The van der Waals surface area contributed by atoms with Gasteiger partial charge in [-0.15, -0.1) is 0 Å². The molecule has 6 heteroatoms. The lowest BCUT2D eigenvalue weighted by molar-refractivity contribution is 0.632. The van der Waals surface area contributed by atoms with Gasteiger partial charge in [-0.2, -0.15) is 0 Å². The first-order chi connectivity index (χ1) is 12.1. The van der Waals surface area contributed by atoms with Crippen LogP contribution < -0.4 is 10.6 Å². The number of hydrogen-bond acceptors (Lipinski definition) is 4. The third kappa shape index (κ3) is 4.90. The van der Waals surface area contributed by atoms with Crippen molar-refractivity contribution in [3.8, 4) is 0 Å². The number of aryl methyl sites for hydroxylation is 1. The monoisotopic (exact) mass is 356 g/mol. The van der Waals surface area contributed by atoms with E-state index in [4.69, 9.17) is 11.6 Å². The van der Waals surface area contributed by atoms with Crippen molar-refractivity contribution in [3.05, 3.63) is 76.8 Å². The van der Waals surface area contributed by atoms with Gasteiger partial charge in [-0.1, -0.05) is 35.9 Å². The molecular formula is C19H18ClFN4. The van der Waals surface area contributed by atoms with E-state index in [0.717, 1.165) is 18.0 Å². The summed E-state index contributed by atoms with van der Waals surface area (Å²) in [5.74, 6) is 1.53. The van der Waals surface area contributed by atoms with Crippen LogP contribution in [0.25, 0.3) is 0 Å². The van der Waals surface area contributed by atoms with Gasteiger partial charge < -0.3 is 10.6 Å². The lowest BCUT2D eigenvalue weighted by Gasteiger charge is -2.11. The molecule has 3 rings (SSSR count). The van der Waals surface area contributed by atoms with Gasteiger partial charge >= 0.3 is 0 Å². The van der Waals surface area contributed by atoms with E-state index in [1.165, 1.54) is 11.6 Å². The van der Waals surface area contributed by atoms with Gasteiger partial charge in [-0.25, -0.2) is 14.4 Å². The standard InChI is InChI=1S/C19H18ClFN4/c1-13-23-18(22-11-10-14-6-8-15(20)9-7-14)12-19(24-13)25-17-5-3-2-4-16(17)21/h2-9,12H,10-11H2,1H3,(H2,22,23,24,25). The van der Waals surface area contributed by atoms with E-state index in [1.807, 2.05) is 24.3 Å². The molecule has 2 N–H and O–H groups in total. The third-order valence-corrected chi connectivity index (χ3v) is 3.86. The molecule has 128 valence electrons. The van der Waals surface area contributed by atoms with E-state index < -0.39 is 0 Å². The summed E-state index contributed by atoms with van der Waals surface area (Å²) < 4.78 is 13.8. The van der Waals surface area contributed by atoms with Gasteiger partial charge in [0.1, 0.15) is 23.3 Å². The lowest BCUT2D eigenvalue weighted by Crippen LogP contribution is -2.08. The summed E-state index contributed by atoms with van der Waals surface area (Å²) in [7, 11) is 0. The molecule has 25 heavy (non-hydrogen) atoms. The predicted molar refractivity (Wildman–Crippen MR) is 100 cm³/mol. The predicted octanol–water partition coefficient (Wildman–Crippen LogP) is 4.98. The highest BCUT2D eigenvalue weighted by atomic mass is 35.5. The second kappa shape index (κ2) is 7.94. The Morgan fingerprint density at radius 1 is 1.00 bits per heavy atom. The van der Waals surface area contributed by atoms with E-state index in [9.17, 15) is 4.39 Å². The van der Waals surface area contributed by atoms with Crippen molar-refractivity contribution in [1.29, 1.82) is 0 Å². The Bertz CT molecular complexity index is 852. The van der Waals surface area contributed by atoms with Gasteiger partial charge in [0.05, 0.1) is 5.69 Å². The third-order valence-electron chi connectivity index (χ3n) is 3.61. The minimum Gasteiger partial charge on any atom is -0.370 e. The summed E-state index contributed by atoms with van der Waals surface area (Å²) in [6.45, 7) is 2.52. The summed E-state index contributed by atoms with van der Waals surface area (Å²) >= 11 is 5.89. The van der Waals surface area contributed by atoms with Crippen LogP contribution in [0, 0.1) is 12.7 Å². The van der Waals surface area contributed by atoms with Gasteiger partial charge in [-0.3, -0.25) is 0 Å². The Morgan fingerprint density at radius 2 is 1.72 bits per heavy atom. The molecule has 0 radical (unpaired) electrons. The van der Waals surface area contributed by atoms with E-state index >= 15 is 0 Å². The molecule has 0 atom stereocenters. The number of nitrogens with one attached hydrogen (secondary N) is 2. The van der Waals surface area contributed by atoms with Crippen molar-refractivity contribution in [2.24, 2.45) is 0 Å². The maximum atomic E-state index is 13.8. The Hall–Kier alpha value is -2.66. The summed E-state index contributed by atoms with van der Waals surface area (Å²) in [5.41, 5.74) is 1.57. The topological polar surface area (TPSA) is 49.8 Å². The molecule has 0 aliphatic heterocycles. The summed E-state index contributed by atoms with van der Waals surface area (Å²) in [4.78, 5) is 8.67. The minimum absolute atomic E-state index is 0.323. The second-order valence-corrected chi connectivity index (χ2v) is 6.03. The number of halogens is 2. The van der Waals surface area contributed by atoms with E-state index in [2.05, 4.69) is 20.6 Å². The van der Waals surface area contributed by atoms with Crippen LogP contribution in [0.5, 0.6) is 0 Å². The normalized spacial score (nSPS) is 10.5. The summed E-state index contributed by atoms with van der Waals surface area (Å²) in [5, 5.41) is 6.99. The van der Waals surface area contributed by atoms with E-state index in [1.54, 1.807) is 31.2 Å². The van der Waals surface area contributed by atoms with Crippen molar-refractivity contribution in [2.75, 3.05) is 17.2 Å². The number of anilines is 3. The molecule has 2 aromatic carbocycles. The Balaban J connectivity index is 1.65. The van der Waals surface area contributed by atoms with Crippen molar-refractivity contribution >= 4 is 28.9 Å². The van der Waals surface area contributed by atoms with Crippen LogP contribution in [0.4, 0.5) is 21.7 Å². The first-order valence-electron chi connectivity index (χ1n) is 7.96. The van der Waals surface area contributed by atoms with Gasteiger partial charge in [0.2, 0.25) is 0 Å². The number of aromatic nitrogens is 2. The average molecular weight is 357 g/mol. The van der Waals surface area contributed by atoms with Crippen molar-refractivity contribution in [1.82, 2.24) is 9.97 Å². The fraction of sp³-hybridized carbons (Fsp3) is 0.158. The fourth-order valence-electron chi connectivity index (χ4n) is 2.41. The SMILES string of the molecule is Cc1nc(NCCc2ccc(Cl)cc2)cc(Nc2ccccc2F)n1. The zero-order chi connectivity index (χ0) is 17.6. The number of nitrogens with zero attached hydrogens (tertiary/aromatic N) is 2. The highest BCUT2D eigenvalue weighted by Gasteiger charge is 2.05. The maximum absolute atomic E-state index is 13.8. The van der Waals surface area contributed by atoms with Crippen LogP contribution in [0.1, 0.15) is 11.4 Å². The minimum atomic E-state index is -0.323. The smallest absolute Gasteiger partial charge is 0.146 e. The van der Waals surface area contributed by atoms with Gasteiger partial charge in [-0.05, 0) is 43.2 Å². The van der Waals surface area contributed by atoms with Crippen LogP contribution >= 0.6 is 11.6 Å². The van der Waals surface area contributed by atoms with Crippen LogP contribution in [0.3, 0.4) is 0 Å². The first kappa shape index (κ1) is 17.2. The van der Waals surface area contributed by atoms with Crippen LogP contribution in [0.15, 0.2) is 54.6 Å². The molecule has 1 heterocycles. The van der Waals surface area contributed by atoms with Crippen LogP contribution in [-0.2, 0) is 6.42 Å². The Labute approximate surface area is 151 Å². The molecule has 0 spiro atoms. The zero-order valence-corrected chi connectivity index (χ0v) is 14.5. The molecule has 4 nitrogen and oxygen atoms in total. The zero-order valence-electron chi connectivity index (χ0n) is 13.8. The molecule has 0 unspecified atom stereocenters. The molecule has 0 aliphatic carbocycles. The Morgan fingerprint density at radius 3 is 2.48 bits per heavy atom. The van der Waals surface area contributed by atoms with Crippen molar-refractivity contribution in [3.63, 3.8) is 0 Å². The average Bonchev–Trinajstić information content (AvgIpc) is 2.58. The lowest BCUT2D eigenvalue weighted by atomic mass is 10.1. The largest absolute Gasteiger partial charge is 0.370 e. The second-order valence-electron chi connectivity index (χ2n) is 5.59. The molecule has 0 amide bonds. The molecule has 0 bridgehead atoms. The van der Waals surface area contributed by atoms with E-state index in [0.29, 0.717) is 23.1 Å².